The second-order valence-corrected chi connectivity index (χ2v) is 6.27. The molecule has 0 radical (unpaired) electrons. The summed E-state index contributed by atoms with van der Waals surface area (Å²) in [6.45, 7) is 6.38. The van der Waals surface area contributed by atoms with Gasteiger partial charge in [-0.1, -0.05) is 8.58 Å². The molecule has 0 bridgehead atoms. The molecule has 1 heterocycles. The van der Waals surface area contributed by atoms with Crippen molar-refractivity contribution in [1.82, 2.24) is 0 Å². The summed E-state index contributed by atoms with van der Waals surface area (Å²) in [5.41, 5.74) is -0.893. The predicted molar refractivity (Wildman–Crippen MR) is 63.0 cm³/mol. The van der Waals surface area contributed by atoms with E-state index in [0.717, 1.165) is 0 Å². The summed E-state index contributed by atoms with van der Waals surface area (Å²) in [6.07, 6.45) is 0.206. The average Bonchev–Trinajstić information content (AvgIpc) is 2.65. The summed E-state index contributed by atoms with van der Waals surface area (Å²) in [6, 6.07) is 0. The van der Waals surface area contributed by atoms with Crippen molar-refractivity contribution in [2.45, 2.75) is 38.2 Å². The van der Waals surface area contributed by atoms with E-state index >= 15 is 0 Å². The molecule has 1 fully saturated rings. The topological polar surface area (TPSA) is 52.6 Å². The third kappa shape index (κ3) is 3.38. The third-order valence-electron chi connectivity index (χ3n) is 3.05. The van der Waals surface area contributed by atoms with Crippen molar-refractivity contribution in [3.05, 3.63) is 0 Å². The molecule has 3 unspecified atom stereocenters. The van der Waals surface area contributed by atoms with Crippen LogP contribution in [0.2, 0.25) is 0 Å². The van der Waals surface area contributed by atoms with E-state index in [-0.39, 0.29) is 33.5 Å². The Kier molecular flexibility index (Phi) is 4.13. The van der Waals surface area contributed by atoms with Crippen molar-refractivity contribution in [3.8, 4) is 0 Å². The van der Waals surface area contributed by atoms with Gasteiger partial charge in [0.25, 0.3) is 0 Å². The lowest BCUT2D eigenvalue weighted by atomic mass is 9.90. The maximum Gasteiger partial charge on any atom is 0.348 e. The van der Waals surface area contributed by atoms with Crippen molar-refractivity contribution >= 4 is 20.5 Å². The standard InChI is InChI=1S/C11H18FO4P/c1-10(2,7-5-8(13)15-6-7)16-9(14)11(3,12)17-4/h7,17H,5-6H2,1-4H3. The van der Waals surface area contributed by atoms with Crippen molar-refractivity contribution in [2.24, 2.45) is 5.92 Å². The summed E-state index contributed by atoms with van der Waals surface area (Å²) in [4.78, 5) is 22.6. The van der Waals surface area contributed by atoms with Gasteiger partial charge in [-0.15, -0.1) is 0 Å². The van der Waals surface area contributed by atoms with Gasteiger partial charge in [-0.05, 0) is 27.4 Å². The van der Waals surface area contributed by atoms with E-state index in [2.05, 4.69) is 0 Å². The molecule has 0 N–H and O–H groups in total. The molecule has 0 aromatic rings. The van der Waals surface area contributed by atoms with Crippen LogP contribution in [0.5, 0.6) is 0 Å². The number of cyclic esters (lactones) is 1. The van der Waals surface area contributed by atoms with Crippen LogP contribution in [0.3, 0.4) is 0 Å². The molecule has 6 heteroatoms. The van der Waals surface area contributed by atoms with Crippen LogP contribution >= 0.6 is 8.58 Å². The van der Waals surface area contributed by atoms with E-state index in [4.69, 9.17) is 9.47 Å². The maximum absolute atomic E-state index is 13.7. The lowest BCUT2D eigenvalue weighted by Gasteiger charge is -2.32. The minimum atomic E-state index is -1.96. The minimum absolute atomic E-state index is 0.183. The summed E-state index contributed by atoms with van der Waals surface area (Å²) in [7, 11) is -0.183. The quantitative estimate of drug-likeness (QED) is 0.574. The Bertz CT molecular complexity index is 327. The fourth-order valence-electron chi connectivity index (χ4n) is 1.48. The summed E-state index contributed by atoms with van der Waals surface area (Å²) in [5.74, 6) is -1.39. The van der Waals surface area contributed by atoms with E-state index in [0.29, 0.717) is 0 Å². The summed E-state index contributed by atoms with van der Waals surface area (Å²) in [5, 5.41) is -1.96. The first kappa shape index (κ1) is 14.4. The number of hydrogen-bond acceptors (Lipinski definition) is 4. The van der Waals surface area contributed by atoms with E-state index < -0.39 is 17.0 Å². The van der Waals surface area contributed by atoms with Gasteiger partial charge < -0.3 is 9.47 Å². The van der Waals surface area contributed by atoms with Gasteiger partial charge in [0.15, 0.2) is 0 Å². The zero-order chi connectivity index (χ0) is 13.3. The molecular weight excluding hydrogens is 246 g/mol. The summed E-state index contributed by atoms with van der Waals surface area (Å²) >= 11 is 0. The van der Waals surface area contributed by atoms with Crippen LogP contribution in [0.4, 0.5) is 4.39 Å². The summed E-state index contributed by atoms with van der Waals surface area (Å²) < 4.78 is 23.8. The first-order valence-corrected chi connectivity index (χ1v) is 6.96. The van der Waals surface area contributed by atoms with Gasteiger partial charge in [-0.25, -0.2) is 9.18 Å². The Labute approximate surface area is 102 Å². The maximum atomic E-state index is 13.7. The third-order valence-corrected chi connectivity index (χ3v) is 4.19. The Morgan fingerprint density at radius 3 is 2.53 bits per heavy atom. The molecular formula is C11H18FO4P. The number of rotatable bonds is 4. The van der Waals surface area contributed by atoms with Crippen molar-refractivity contribution in [1.29, 1.82) is 0 Å². The molecule has 4 nitrogen and oxygen atoms in total. The van der Waals surface area contributed by atoms with Crippen LogP contribution in [-0.2, 0) is 19.1 Å². The molecule has 1 aliphatic rings. The fourth-order valence-corrected chi connectivity index (χ4v) is 1.73. The van der Waals surface area contributed by atoms with Crippen molar-refractivity contribution < 1.29 is 23.5 Å². The zero-order valence-electron chi connectivity index (χ0n) is 10.5. The van der Waals surface area contributed by atoms with Gasteiger partial charge in [0.1, 0.15) is 5.60 Å². The molecule has 17 heavy (non-hydrogen) atoms. The number of carbonyl (C=O) groups excluding carboxylic acids is 2. The highest BCUT2D eigenvalue weighted by Gasteiger charge is 2.43. The second-order valence-electron chi connectivity index (χ2n) is 4.83. The fraction of sp³-hybridized carbons (Fsp3) is 0.818. The van der Waals surface area contributed by atoms with E-state index in [9.17, 15) is 14.0 Å². The molecule has 0 saturated carbocycles. The smallest absolute Gasteiger partial charge is 0.348 e. The van der Waals surface area contributed by atoms with Gasteiger partial charge in [-0.2, -0.15) is 0 Å². The van der Waals surface area contributed by atoms with Gasteiger partial charge in [-0.3, -0.25) is 4.79 Å². The van der Waals surface area contributed by atoms with Crippen LogP contribution in [0.25, 0.3) is 0 Å². The highest BCUT2D eigenvalue weighted by molar-refractivity contribution is 7.40. The molecule has 0 aromatic heterocycles. The van der Waals surface area contributed by atoms with Crippen LogP contribution < -0.4 is 0 Å². The normalized spacial score (nSPS) is 24.8. The Balaban J connectivity index is 2.66. The molecule has 0 spiro atoms. The zero-order valence-corrected chi connectivity index (χ0v) is 11.5. The number of hydrogen-bond donors (Lipinski definition) is 0. The molecule has 1 saturated heterocycles. The Morgan fingerprint density at radius 1 is 1.53 bits per heavy atom. The number of esters is 2. The largest absolute Gasteiger partial charge is 0.465 e. The molecule has 1 rings (SSSR count). The van der Waals surface area contributed by atoms with Crippen LogP contribution in [0.1, 0.15) is 27.2 Å². The van der Waals surface area contributed by atoms with Crippen LogP contribution in [-0.4, -0.2) is 36.2 Å². The predicted octanol–water partition coefficient (Wildman–Crippen LogP) is 1.87. The van der Waals surface area contributed by atoms with E-state index in [1.165, 1.54) is 6.92 Å². The molecule has 0 amide bonds. The molecule has 0 aromatic carbocycles. The number of ether oxygens (including phenoxy) is 2. The number of carbonyl (C=O) groups is 2. The molecule has 3 atom stereocenters. The first-order chi connectivity index (χ1) is 7.69. The van der Waals surface area contributed by atoms with Crippen molar-refractivity contribution in [3.63, 3.8) is 0 Å². The molecule has 98 valence electrons. The number of halogens is 1. The van der Waals surface area contributed by atoms with Crippen molar-refractivity contribution in [2.75, 3.05) is 13.3 Å². The highest BCUT2D eigenvalue weighted by Crippen LogP contribution is 2.36. The number of alkyl halides is 1. The Hall–Kier alpha value is -0.700. The van der Waals surface area contributed by atoms with Crippen LogP contribution in [0.15, 0.2) is 0 Å². The monoisotopic (exact) mass is 264 g/mol. The van der Waals surface area contributed by atoms with E-state index in [1.807, 2.05) is 0 Å². The SMILES string of the molecule is CPC(C)(F)C(=O)OC(C)(C)C1COC(=O)C1. The van der Waals surface area contributed by atoms with Gasteiger partial charge >= 0.3 is 11.9 Å². The average molecular weight is 264 g/mol. The molecule has 1 aliphatic heterocycles. The minimum Gasteiger partial charge on any atom is -0.465 e. The van der Waals surface area contributed by atoms with Crippen LogP contribution in [0, 0.1) is 5.92 Å². The van der Waals surface area contributed by atoms with Gasteiger partial charge in [0, 0.05) is 5.92 Å². The van der Waals surface area contributed by atoms with E-state index in [1.54, 1.807) is 20.5 Å². The lowest BCUT2D eigenvalue weighted by molar-refractivity contribution is -0.169. The Morgan fingerprint density at radius 2 is 2.12 bits per heavy atom. The second kappa shape index (κ2) is 4.89. The van der Waals surface area contributed by atoms with Gasteiger partial charge in [0.05, 0.1) is 13.0 Å². The van der Waals surface area contributed by atoms with Gasteiger partial charge in [0.2, 0.25) is 5.41 Å². The first-order valence-electron chi connectivity index (χ1n) is 5.46. The highest BCUT2D eigenvalue weighted by atomic mass is 31.1. The lowest BCUT2D eigenvalue weighted by Crippen LogP contribution is -2.41. The molecule has 0 aliphatic carbocycles.